The van der Waals surface area contributed by atoms with Gasteiger partial charge in [0.1, 0.15) is 17.3 Å². The van der Waals surface area contributed by atoms with Crippen LogP contribution in [0.25, 0.3) is 0 Å². The van der Waals surface area contributed by atoms with Crippen LogP contribution in [0.3, 0.4) is 0 Å². The molecular formula is C14H15BrN2O2. The van der Waals surface area contributed by atoms with Gasteiger partial charge in [-0.3, -0.25) is 4.79 Å². The molecule has 1 N–H and O–H groups in total. The fourth-order valence-electron chi connectivity index (χ4n) is 1.92. The third-order valence-corrected chi connectivity index (χ3v) is 3.89. The van der Waals surface area contributed by atoms with Crippen LogP contribution >= 0.6 is 15.9 Å². The average molecular weight is 323 g/mol. The highest BCUT2D eigenvalue weighted by Gasteiger charge is 2.18. The predicted octanol–water partition coefficient (Wildman–Crippen LogP) is 3.92. The molecule has 4 nitrogen and oxygen atoms in total. The van der Waals surface area contributed by atoms with E-state index in [0.717, 1.165) is 21.5 Å². The maximum Gasteiger partial charge on any atom is 0.260 e. The van der Waals surface area contributed by atoms with Crippen LogP contribution in [0, 0.1) is 27.7 Å². The number of anilines is 1. The lowest BCUT2D eigenvalue weighted by Crippen LogP contribution is -2.14. The maximum atomic E-state index is 12.2. The Kier molecular flexibility index (Phi) is 3.75. The predicted molar refractivity (Wildman–Crippen MR) is 77.5 cm³/mol. The summed E-state index contributed by atoms with van der Waals surface area (Å²) >= 11 is 3.38. The number of aryl methyl sites for hydroxylation is 3. The van der Waals surface area contributed by atoms with Crippen molar-refractivity contribution in [3.05, 3.63) is 44.9 Å². The standard InChI is InChI=1S/C14H15BrN2O2/c1-7-9(3)19-10(4)13(7)14(18)17-12-6-5-11(15)8(2)16-12/h5-6H,1-4H3,(H,16,17,18). The molecule has 2 rings (SSSR count). The first-order valence-corrected chi connectivity index (χ1v) is 6.70. The Bertz CT molecular complexity index is 647. The van der Waals surface area contributed by atoms with Gasteiger partial charge in [0, 0.05) is 10.0 Å². The second kappa shape index (κ2) is 5.17. The SMILES string of the molecule is Cc1nc(NC(=O)c2c(C)oc(C)c2C)ccc1Br. The van der Waals surface area contributed by atoms with Crippen LogP contribution in [0.15, 0.2) is 21.0 Å². The van der Waals surface area contributed by atoms with Crippen molar-refractivity contribution >= 4 is 27.7 Å². The molecule has 0 bridgehead atoms. The number of carbonyl (C=O) groups excluding carboxylic acids is 1. The van der Waals surface area contributed by atoms with Crippen molar-refractivity contribution in [2.45, 2.75) is 27.7 Å². The number of aromatic nitrogens is 1. The molecule has 0 saturated carbocycles. The lowest BCUT2D eigenvalue weighted by Gasteiger charge is -2.06. The molecular weight excluding hydrogens is 308 g/mol. The van der Waals surface area contributed by atoms with Crippen molar-refractivity contribution in [2.75, 3.05) is 5.32 Å². The lowest BCUT2D eigenvalue weighted by atomic mass is 10.1. The first-order valence-electron chi connectivity index (χ1n) is 5.91. The highest BCUT2D eigenvalue weighted by atomic mass is 79.9. The fraction of sp³-hybridized carbons (Fsp3) is 0.286. The quantitative estimate of drug-likeness (QED) is 0.911. The molecule has 1 amide bonds. The van der Waals surface area contributed by atoms with Crippen LogP contribution in [0.4, 0.5) is 5.82 Å². The number of rotatable bonds is 2. The smallest absolute Gasteiger partial charge is 0.260 e. The van der Waals surface area contributed by atoms with Gasteiger partial charge in [-0.25, -0.2) is 4.98 Å². The minimum Gasteiger partial charge on any atom is -0.466 e. The minimum atomic E-state index is -0.193. The molecule has 0 aliphatic rings. The summed E-state index contributed by atoms with van der Waals surface area (Å²) < 4.78 is 6.37. The van der Waals surface area contributed by atoms with E-state index < -0.39 is 0 Å². The molecule has 0 spiro atoms. The number of halogens is 1. The monoisotopic (exact) mass is 322 g/mol. The number of amides is 1. The summed E-state index contributed by atoms with van der Waals surface area (Å²) in [6.07, 6.45) is 0. The van der Waals surface area contributed by atoms with Gasteiger partial charge in [-0.05, 0) is 55.8 Å². The number of nitrogens with zero attached hydrogens (tertiary/aromatic N) is 1. The summed E-state index contributed by atoms with van der Waals surface area (Å²) in [5.41, 5.74) is 2.28. The zero-order valence-corrected chi connectivity index (χ0v) is 12.9. The van der Waals surface area contributed by atoms with Gasteiger partial charge < -0.3 is 9.73 Å². The van der Waals surface area contributed by atoms with E-state index in [0.29, 0.717) is 17.1 Å². The largest absolute Gasteiger partial charge is 0.466 e. The topological polar surface area (TPSA) is 55.1 Å². The van der Waals surface area contributed by atoms with Crippen molar-refractivity contribution < 1.29 is 9.21 Å². The molecule has 0 fully saturated rings. The Morgan fingerprint density at radius 3 is 2.42 bits per heavy atom. The van der Waals surface area contributed by atoms with Crippen LogP contribution in [-0.2, 0) is 0 Å². The molecule has 0 saturated heterocycles. The van der Waals surface area contributed by atoms with Gasteiger partial charge in [-0.1, -0.05) is 0 Å². The summed E-state index contributed by atoms with van der Waals surface area (Å²) in [7, 11) is 0. The van der Waals surface area contributed by atoms with E-state index in [1.54, 1.807) is 13.0 Å². The first-order chi connectivity index (χ1) is 8.90. The lowest BCUT2D eigenvalue weighted by molar-refractivity contribution is 0.102. The molecule has 2 heterocycles. The van der Waals surface area contributed by atoms with Crippen LogP contribution in [-0.4, -0.2) is 10.9 Å². The number of pyridine rings is 1. The van der Waals surface area contributed by atoms with Crippen LogP contribution in [0.5, 0.6) is 0 Å². The average Bonchev–Trinajstić information content (AvgIpc) is 2.58. The highest BCUT2D eigenvalue weighted by molar-refractivity contribution is 9.10. The fourth-order valence-corrected chi connectivity index (χ4v) is 2.14. The molecule has 100 valence electrons. The number of furan rings is 1. The van der Waals surface area contributed by atoms with Crippen molar-refractivity contribution in [3.63, 3.8) is 0 Å². The highest BCUT2D eigenvalue weighted by Crippen LogP contribution is 2.22. The van der Waals surface area contributed by atoms with E-state index in [1.165, 1.54) is 0 Å². The van der Waals surface area contributed by atoms with Crippen molar-refractivity contribution in [1.82, 2.24) is 4.98 Å². The van der Waals surface area contributed by atoms with E-state index >= 15 is 0 Å². The van der Waals surface area contributed by atoms with Crippen molar-refractivity contribution in [1.29, 1.82) is 0 Å². The summed E-state index contributed by atoms with van der Waals surface area (Å²) in [5, 5.41) is 2.79. The summed E-state index contributed by atoms with van der Waals surface area (Å²) in [5.74, 6) is 1.73. The van der Waals surface area contributed by atoms with E-state index in [4.69, 9.17) is 4.42 Å². The maximum absolute atomic E-state index is 12.2. The molecule has 0 aromatic carbocycles. The first kappa shape index (κ1) is 13.8. The molecule has 0 unspecified atom stereocenters. The molecule has 19 heavy (non-hydrogen) atoms. The number of nitrogens with one attached hydrogen (secondary N) is 1. The van der Waals surface area contributed by atoms with Crippen LogP contribution < -0.4 is 5.32 Å². The Morgan fingerprint density at radius 1 is 1.21 bits per heavy atom. The molecule has 0 atom stereocenters. The second-order valence-electron chi connectivity index (χ2n) is 4.43. The van der Waals surface area contributed by atoms with Crippen molar-refractivity contribution in [2.24, 2.45) is 0 Å². The van der Waals surface area contributed by atoms with Gasteiger partial charge in [-0.15, -0.1) is 0 Å². The Labute approximate surface area is 120 Å². The third-order valence-electron chi connectivity index (χ3n) is 3.05. The number of carbonyl (C=O) groups is 1. The van der Waals surface area contributed by atoms with Gasteiger partial charge in [-0.2, -0.15) is 0 Å². The molecule has 5 heteroatoms. The number of hydrogen-bond donors (Lipinski definition) is 1. The van der Waals surface area contributed by atoms with Gasteiger partial charge in [0.15, 0.2) is 0 Å². The minimum absolute atomic E-state index is 0.193. The summed E-state index contributed by atoms with van der Waals surface area (Å²) in [6, 6.07) is 3.62. The van der Waals surface area contributed by atoms with E-state index in [-0.39, 0.29) is 5.91 Å². The number of hydrogen-bond acceptors (Lipinski definition) is 3. The Balaban J connectivity index is 2.28. The van der Waals surface area contributed by atoms with E-state index in [2.05, 4.69) is 26.2 Å². The zero-order valence-electron chi connectivity index (χ0n) is 11.3. The normalized spacial score (nSPS) is 10.6. The van der Waals surface area contributed by atoms with Crippen LogP contribution in [0.1, 0.15) is 33.1 Å². The third kappa shape index (κ3) is 2.71. The Morgan fingerprint density at radius 2 is 1.89 bits per heavy atom. The molecule has 0 aliphatic heterocycles. The molecule has 2 aromatic heterocycles. The Hall–Kier alpha value is -1.62. The molecule has 2 aromatic rings. The summed E-state index contributed by atoms with van der Waals surface area (Å²) in [4.78, 5) is 16.5. The van der Waals surface area contributed by atoms with Gasteiger partial charge in [0.25, 0.3) is 5.91 Å². The molecule has 0 radical (unpaired) electrons. The van der Waals surface area contributed by atoms with Gasteiger partial charge in [0.2, 0.25) is 0 Å². The zero-order chi connectivity index (χ0) is 14.2. The van der Waals surface area contributed by atoms with Gasteiger partial charge in [0.05, 0.1) is 11.3 Å². The van der Waals surface area contributed by atoms with Gasteiger partial charge >= 0.3 is 0 Å². The molecule has 0 aliphatic carbocycles. The van der Waals surface area contributed by atoms with E-state index in [9.17, 15) is 4.79 Å². The second-order valence-corrected chi connectivity index (χ2v) is 5.29. The van der Waals surface area contributed by atoms with Crippen molar-refractivity contribution in [3.8, 4) is 0 Å². The van der Waals surface area contributed by atoms with Crippen LogP contribution in [0.2, 0.25) is 0 Å². The summed E-state index contributed by atoms with van der Waals surface area (Å²) in [6.45, 7) is 7.38. The van der Waals surface area contributed by atoms with E-state index in [1.807, 2.05) is 26.8 Å².